The monoisotopic (exact) mass is 378 g/mol. The largest absolute Gasteiger partial charge is 0.468 e. The summed E-state index contributed by atoms with van der Waals surface area (Å²) in [5, 5.41) is 2.35. The quantitative estimate of drug-likeness (QED) is 0.705. The first-order valence-electron chi connectivity index (χ1n) is 7.66. The summed E-state index contributed by atoms with van der Waals surface area (Å²) in [7, 11) is 1.18. The average Bonchev–Trinajstić information content (AvgIpc) is 3.05. The van der Waals surface area contributed by atoms with Crippen molar-refractivity contribution in [2.24, 2.45) is 0 Å². The van der Waals surface area contributed by atoms with Crippen molar-refractivity contribution in [2.75, 3.05) is 13.7 Å². The van der Waals surface area contributed by atoms with Gasteiger partial charge in [-0.1, -0.05) is 12.1 Å². The molecule has 0 unspecified atom stereocenters. The van der Waals surface area contributed by atoms with Gasteiger partial charge in [0.15, 0.2) is 0 Å². The Labute approximate surface area is 150 Å². The molecule has 140 valence electrons. The second kappa shape index (κ2) is 7.06. The number of hydrogen-bond acceptors (Lipinski definition) is 5. The van der Waals surface area contributed by atoms with E-state index in [0.29, 0.717) is 5.52 Å². The molecule has 0 spiro atoms. The highest BCUT2D eigenvalue weighted by molar-refractivity contribution is 5.96. The fourth-order valence-corrected chi connectivity index (χ4v) is 2.46. The van der Waals surface area contributed by atoms with Crippen LogP contribution in [0.15, 0.2) is 42.9 Å². The second-order valence-corrected chi connectivity index (χ2v) is 5.45. The SMILES string of the molecule is COC(=O)CNC(=O)c1nc(-c2cccc(C(F)(F)F)c2)c2cnccn12. The van der Waals surface area contributed by atoms with Crippen molar-refractivity contribution in [3.63, 3.8) is 0 Å². The smallest absolute Gasteiger partial charge is 0.416 e. The van der Waals surface area contributed by atoms with Crippen molar-refractivity contribution < 1.29 is 27.5 Å². The Bertz CT molecular complexity index is 1010. The number of nitrogens with zero attached hydrogens (tertiary/aromatic N) is 3. The van der Waals surface area contributed by atoms with Crippen LogP contribution in [0.25, 0.3) is 16.8 Å². The number of carbonyl (C=O) groups is 2. The lowest BCUT2D eigenvalue weighted by atomic mass is 10.1. The van der Waals surface area contributed by atoms with Gasteiger partial charge >= 0.3 is 12.1 Å². The lowest BCUT2D eigenvalue weighted by molar-refractivity contribution is -0.139. The van der Waals surface area contributed by atoms with Crippen LogP contribution in [0.1, 0.15) is 16.2 Å². The van der Waals surface area contributed by atoms with E-state index >= 15 is 0 Å². The molecular weight excluding hydrogens is 365 g/mol. The molecule has 2 heterocycles. The number of methoxy groups -OCH3 is 1. The van der Waals surface area contributed by atoms with E-state index in [1.807, 2.05) is 0 Å². The molecule has 0 aliphatic rings. The van der Waals surface area contributed by atoms with Gasteiger partial charge in [-0.3, -0.25) is 19.0 Å². The highest BCUT2D eigenvalue weighted by Crippen LogP contribution is 2.33. The third-order valence-corrected chi connectivity index (χ3v) is 3.73. The van der Waals surface area contributed by atoms with Gasteiger partial charge in [0, 0.05) is 18.0 Å². The summed E-state index contributed by atoms with van der Waals surface area (Å²) in [6.07, 6.45) is -0.265. The molecule has 10 heteroatoms. The molecule has 0 aliphatic heterocycles. The number of ether oxygens (including phenoxy) is 1. The lowest BCUT2D eigenvalue weighted by Crippen LogP contribution is -2.31. The van der Waals surface area contributed by atoms with E-state index in [1.165, 1.54) is 42.2 Å². The molecule has 1 amide bonds. The van der Waals surface area contributed by atoms with Gasteiger partial charge in [0.05, 0.1) is 30.1 Å². The molecule has 0 saturated carbocycles. The Kier molecular flexibility index (Phi) is 4.80. The molecule has 1 aromatic carbocycles. The summed E-state index contributed by atoms with van der Waals surface area (Å²) >= 11 is 0. The third-order valence-electron chi connectivity index (χ3n) is 3.73. The van der Waals surface area contributed by atoms with Crippen LogP contribution in [0, 0.1) is 0 Å². The molecule has 0 radical (unpaired) electrons. The molecule has 0 saturated heterocycles. The third kappa shape index (κ3) is 3.73. The zero-order chi connectivity index (χ0) is 19.6. The van der Waals surface area contributed by atoms with Crippen LogP contribution in [0.3, 0.4) is 0 Å². The molecule has 27 heavy (non-hydrogen) atoms. The fraction of sp³-hybridized carbons (Fsp3) is 0.176. The van der Waals surface area contributed by atoms with Crippen molar-refractivity contribution in [1.29, 1.82) is 0 Å². The van der Waals surface area contributed by atoms with Gasteiger partial charge in [0.2, 0.25) is 5.82 Å². The zero-order valence-corrected chi connectivity index (χ0v) is 13.9. The molecule has 0 bridgehead atoms. The number of halogens is 3. The summed E-state index contributed by atoms with van der Waals surface area (Å²) < 4.78 is 44.8. The standard InChI is InChI=1S/C17H13F3N4O3/c1-27-13(25)9-22-16(26)15-23-14(12-8-21-5-6-24(12)15)10-3-2-4-11(7-10)17(18,19)20/h2-8H,9H2,1H3,(H,22,26). The number of fused-ring (bicyclic) bond motifs is 1. The molecule has 1 N–H and O–H groups in total. The maximum absolute atomic E-state index is 13.0. The first-order valence-corrected chi connectivity index (χ1v) is 7.66. The van der Waals surface area contributed by atoms with E-state index < -0.39 is 23.6 Å². The second-order valence-electron chi connectivity index (χ2n) is 5.45. The Hall–Kier alpha value is -3.43. The molecular formula is C17H13F3N4O3. The Morgan fingerprint density at radius 2 is 2.07 bits per heavy atom. The number of nitrogens with one attached hydrogen (secondary N) is 1. The number of rotatable bonds is 4. The number of alkyl halides is 3. The van der Waals surface area contributed by atoms with Crippen molar-refractivity contribution in [3.05, 3.63) is 54.2 Å². The van der Waals surface area contributed by atoms with Crippen molar-refractivity contribution >= 4 is 17.4 Å². The van der Waals surface area contributed by atoms with E-state index in [1.54, 1.807) is 0 Å². The van der Waals surface area contributed by atoms with Gasteiger partial charge in [-0.15, -0.1) is 0 Å². The summed E-state index contributed by atoms with van der Waals surface area (Å²) in [6, 6.07) is 4.62. The van der Waals surface area contributed by atoms with Crippen LogP contribution in [-0.2, 0) is 15.7 Å². The first-order chi connectivity index (χ1) is 12.8. The summed E-state index contributed by atoms with van der Waals surface area (Å²) in [4.78, 5) is 31.7. The average molecular weight is 378 g/mol. The van der Waals surface area contributed by atoms with Crippen LogP contribution in [0.5, 0.6) is 0 Å². The normalized spacial score (nSPS) is 11.4. The van der Waals surface area contributed by atoms with E-state index in [0.717, 1.165) is 12.1 Å². The van der Waals surface area contributed by atoms with Gasteiger partial charge in [-0.2, -0.15) is 13.2 Å². The Morgan fingerprint density at radius 1 is 1.30 bits per heavy atom. The number of aromatic nitrogens is 3. The van der Waals surface area contributed by atoms with Gasteiger partial charge < -0.3 is 10.1 Å². The minimum atomic E-state index is -4.51. The van der Waals surface area contributed by atoms with Crippen LogP contribution < -0.4 is 5.32 Å². The number of amides is 1. The highest BCUT2D eigenvalue weighted by atomic mass is 19.4. The highest BCUT2D eigenvalue weighted by Gasteiger charge is 2.31. The predicted octanol–water partition coefficient (Wildman–Crippen LogP) is 2.32. The fourth-order valence-electron chi connectivity index (χ4n) is 2.46. The van der Waals surface area contributed by atoms with Crippen molar-refractivity contribution in [2.45, 2.75) is 6.18 Å². The minimum Gasteiger partial charge on any atom is -0.468 e. The van der Waals surface area contributed by atoms with Crippen molar-refractivity contribution in [3.8, 4) is 11.3 Å². The molecule has 2 aromatic heterocycles. The topological polar surface area (TPSA) is 85.6 Å². The number of imidazole rings is 1. The molecule has 3 aromatic rings. The van der Waals surface area contributed by atoms with Crippen LogP contribution in [-0.4, -0.2) is 39.9 Å². The zero-order valence-electron chi connectivity index (χ0n) is 13.9. The Morgan fingerprint density at radius 3 is 2.78 bits per heavy atom. The first kappa shape index (κ1) is 18.4. The van der Waals surface area contributed by atoms with E-state index in [9.17, 15) is 22.8 Å². The van der Waals surface area contributed by atoms with Crippen LogP contribution in [0.4, 0.5) is 13.2 Å². The number of carbonyl (C=O) groups excluding carboxylic acids is 2. The van der Waals surface area contributed by atoms with E-state index in [4.69, 9.17) is 0 Å². The maximum atomic E-state index is 13.0. The molecule has 7 nitrogen and oxygen atoms in total. The number of esters is 1. The van der Waals surface area contributed by atoms with E-state index in [-0.39, 0.29) is 23.6 Å². The molecule has 0 atom stereocenters. The van der Waals surface area contributed by atoms with Gasteiger partial charge in [-0.05, 0) is 12.1 Å². The summed E-state index contributed by atoms with van der Waals surface area (Å²) in [6.45, 7) is -0.367. The maximum Gasteiger partial charge on any atom is 0.416 e. The van der Waals surface area contributed by atoms with Crippen molar-refractivity contribution in [1.82, 2.24) is 19.7 Å². The predicted molar refractivity (Wildman–Crippen MR) is 87.8 cm³/mol. The summed E-state index contributed by atoms with van der Waals surface area (Å²) in [5.41, 5.74) is -0.137. The number of benzene rings is 1. The van der Waals surface area contributed by atoms with Gasteiger partial charge in [0.1, 0.15) is 6.54 Å². The van der Waals surface area contributed by atoms with Gasteiger partial charge in [-0.25, -0.2) is 4.98 Å². The molecule has 0 aliphatic carbocycles. The van der Waals surface area contributed by atoms with Crippen LogP contribution in [0.2, 0.25) is 0 Å². The summed E-state index contributed by atoms with van der Waals surface area (Å²) in [5.74, 6) is -1.42. The lowest BCUT2D eigenvalue weighted by Gasteiger charge is -2.07. The van der Waals surface area contributed by atoms with E-state index in [2.05, 4.69) is 20.0 Å². The van der Waals surface area contributed by atoms with Gasteiger partial charge in [0.25, 0.3) is 5.91 Å². The molecule has 3 rings (SSSR count). The van der Waals surface area contributed by atoms with Crippen LogP contribution >= 0.6 is 0 Å². The Balaban J connectivity index is 2.06. The number of hydrogen-bond donors (Lipinski definition) is 1. The minimum absolute atomic E-state index is 0.0938. The molecule has 0 fully saturated rings.